The van der Waals surface area contributed by atoms with E-state index in [9.17, 15) is 61.3 Å². The minimum Gasteiger partial charge on any atom is -0.462 e. The number of aliphatic hydroxyl groups excluding tert-OH is 2. The molecule has 4 aliphatic rings. The summed E-state index contributed by atoms with van der Waals surface area (Å²) >= 11 is 5.76. The van der Waals surface area contributed by atoms with Gasteiger partial charge in [0.25, 0.3) is 19.2 Å². The van der Waals surface area contributed by atoms with Gasteiger partial charge in [-0.15, -0.1) is 0 Å². The molecule has 20 nitrogen and oxygen atoms in total. The molecule has 5 rings (SSSR count). The third-order valence-corrected chi connectivity index (χ3v) is 13.0. The van der Waals surface area contributed by atoms with Crippen LogP contribution in [0, 0.1) is 0 Å². The van der Waals surface area contributed by atoms with Crippen LogP contribution in [0.5, 0.6) is 5.75 Å². The lowest BCUT2D eigenvalue weighted by molar-refractivity contribution is -0.209. The molecule has 0 radical (unpaired) electrons. The number of amides is 2. The van der Waals surface area contributed by atoms with Crippen LogP contribution in [0.1, 0.15) is 68.2 Å². The molecule has 2 saturated heterocycles. The number of nitrogens with one attached hydrogen (secondary N) is 2. The largest absolute Gasteiger partial charge is 0.462 e. The Balaban J connectivity index is 0.000000288. The summed E-state index contributed by atoms with van der Waals surface area (Å²) in [7, 11) is -3.83. The van der Waals surface area contributed by atoms with E-state index in [1.165, 1.54) is 13.8 Å². The summed E-state index contributed by atoms with van der Waals surface area (Å²) in [5.74, 6) is -9.92. The molecule has 4 N–H and O–H groups in total. The van der Waals surface area contributed by atoms with Crippen molar-refractivity contribution in [3.8, 4) is 5.75 Å². The first-order valence-corrected chi connectivity index (χ1v) is 25.5. The smallest absolute Gasteiger partial charge is 0.409 e. The number of allylic oxidation sites excluding steroid dienone is 2. The van der Waals surface area contributed by atoms with E-state index in [1.807, 2.05) is 0 Å². The Bertz CT molecular complexity index is 2210. The van der Waals surface area contributed by atoms with Crippen molar-refractivity contribution in [2.75, 3.05) is 19.9 Å². The van der Waals surface area contributed by atoms with E-state index in [0.29, 0.717) is 15.5 Å². The average molecular weight is 1050 g/mol. The third kappa shape index (κ3) is 15.7. The molecule has 4 heterocycles. The van der Waals surface area contributed by atoms with Crippen molar-refractivity contribution in [1.29, 1.82) is 0 Å². The van der Waals surface area contributed by atoms with Gasteiger partial charge in [0.05, 0.1) is 25.0 Å². The Hall–Kier alpha value is -4.16. The molecule has 0 bridgehead atoms. The van der Waals surface area contributed by atoms with Crippen LogP contribution in [-0.2, 0) is 61.4 Å². The first-order chi connectivity index (χ1) is 31.6. The molecule has 12 atom stereocenters. The molecule has 0 aliphatic carbocycles. The van der Waals surface area contributed by atoms with Crippen molar-refractivity contribution in [3.05, 3.63) is 54.9 Å². The average Bonchev–Trinajstić information content (AvgIpc) is 3.53. The number of nitrogens with zero attached hydrogens (tertiary/aromatic N) is 2. The molecular formula is C41H56ClF5N4O16P2. The molecular weight excluding hydrogens is 997 g/mol. The fourth-order valence-electron chi connectivity index (χ4n) is 6.48. The summed E-state index contributed by atoms with van der Waals surface area (Å²) in [4.78, 5) is 70.7. The first-order valence-electron chi connectivity index (χ1n) is 20.9. The molecule has 0 spiro atoms. The molecule has 1 aromatic carbocycles. The van der Waals surface area contributed by atoms with Crippen LogP contribution in [0.15, 0.2) is 54.9 Å². The fourth-order valence-corrected chi connectivity index (χ4v) is 9.47. The third-order valence-electron chi connectivity index (χ3n) is 9.88. The zero-order valence-electron chi connectivity index (χ0n) is 38.8. The SMILES string of the molecule is CC(C)OC(=O)[C@H](C)NP(=O)(Cl)Oc1ccccc1.CC(C)OC(=O)[C@H](C)NP(C)(=O)OC[C@@]1(F)O[C@@H](N2C=CC(=O)CC2=O)[C@](C)(F)[C@@H]1O.C[C@]1(F)[C@H](N2C=CC(=O)CC2=O)O[C@](F)(CF)[C@H]1O. The number of hydrogen-bond donors (Lipinski definition) is 4. The zero-order valence-corrected chi connectivity index (χ0v) is 41.4. The second-order valence-corrected chi connectivity index (χ2v) is 21.9. The molecule has 69 heavy (non-hydrogen) atoms. The molecule has 2 amide bonds. The Kier molecular flexibility index (Phi) is 20.0. The summed E-state index contributed by atoms with van der Waals surface area (Å²) in [5.41, 5.74) is -5.49. The number of carbonyl (C=O) groups is 6. The minimum absolute atomic E-state index is 0.249. The van der Waals surface area contributed by atoms with Crippen LogP contribution in [0.2, 0.25) is 0 Å². The van der Waals surface area contributed by atoms with E-state index in [4.69, 9.17) is 34.5 Å². The van der Waals surface area contributed by atoms with Gasteiger partial charge in [-0.3, -0.25) is 43.1 Å². The van der Waals surface area contributed by atoms with Crippen LogP contribution in [0.25, 0.3) is 0 Å². The van der Waals surface area contributed by atoms with Crippen molar-refractivity contribution in [3.63, 3.8) is 0 Å². The van der Waals surface area contributed by atoms with Gasteiger partial charge in [0.15, 0.2) is 54.2 Å². The highest BCUT2D eigenvalue weighted by Gasteiger charge is 2.67. The summed E-state index contributed by atoms with van der Waals surface area (Å²) in [6.07, 6.45) is -6.36. The fraction of sp³-hybridized carbons (Fsp3) is 0.610. The first kappa shape index (κ1) is 59.2. The van der Waals surface area contributed by atoms with Crippen molar-refractivity contribution < 1.29 is 98.1 Å². The van der Waals surface area contributed by atoms with Gasteiger partial charge in [-0.2, -0.15) is 0 Å². The van der Waals surface area contributed by atoms with Crippen LogP contribution in [0.3, 0.4) is 0 Å². The Morgan fingerprint density at radius 1 is 0.768 bits per heavy atom. The monoisotopic (exact) mass is 1050 g/mol. The number of benzene rings is 1. The maximum absolute atomic E-state index is 15.3. The molecule has 0 saturated carbocycles. The molecule has 4 aliphatic heterocycles. The van der Waals surface area contributed by atoms with Gasteiger partial charge in [-0.05, 0) is 79.7 Å². The number of hydrogen-bond acceptors (Lipinski definition) is 16. The van der Waals surface area contributed by atoms with Crippen LogP contribution >= 0.6 is 25.6 Å². The maximum Gasteiger partial charge on any atom is 0.409 e. The lowest BCUT2D eigenvalue weighted by Crippen LogP contribution is -2.52. The van der Waals surface area contributed by atoms with Gasteiger partial charge in [-0.25, -0.2) is 36.7 Å². The summed E-state index contributed by atoms with van der Waals surface area (Å²) in [6, 6.07) is 6.60. The van der Waals surface area contributed by atoms with E-state index in [1.54, 1.807) is 58.0 Å². The number of carbonyl (C=O) groups excluding carboxylic acids is 6. The van der Waals surface area contributed by atoms with E-state index in [2.05, 4.69) is 14.9 Å². The second-order valence-electron chi connectivity index (χ2n) is 16.9. The molecule has 0 aromatic heterocycles. The highest BCUT2D eigenvalue weighted by atomic mass is 35.7. The molecule has 2 unspecified atom stereocenters. The Morgan fingerprint density at radius 2 is 1.17 bits per heavy atom. The standard InChI is InChI=1S/C18H27F2N2O8P.C12H17ClNO4P.C11H12F3NO4/c1-10(2)29-14(25)11(3)21-31(5,27)28-9-18(20)15(26)17(4,19)16(30-18)22-7-6-12(23)8-13(22)24;1-9(2)17-12(15)10(3)14-19(13,16)18-11-7-5-4-6-8-11;1-10(13)8(18)11(14,5-12)19-9(10)15-3-2-6(16)4-7(15)17/h6-7,10-11,15-16,26H,8-9H2,1-5H3,(H,21,27);4-10H,1-3H3,(H,14,16);2-3,8-9,18H,4-5H2,1H3/t11-,15-,16+,17+,18+,31?;10-,19?;8-,9+,10+,11+/m000/s1. The Morgan fingerprint density at radius 3 is 1.57 bits per heavy atom. The quantitative estimate of drug-likeness (QED) is 0.0742. The molecule has 2 fully saturated rings. The summed E-state index contributed by atoms with van der Waals surface area (Å²) in [6.45, 7) is 5.70. The van der Waals surface area contributed by atoms with Gasteiger partial charge >= 0.3 is 18.8 Å². The molecule has 388 valence electrons. The number of ketones is 2. The van der Waals surface area contributed by atoms with Gasteiger partial charge in [0, 0.05) is 30.3 Å². The van der Waals surface area contributed by atoms with Crippen LogP contribution in [0.4, 0.5) is 22.0 Å². The maximum atomic E-state index is 15.3. The topological polar surface area (TPSA) is 263 Å². The number of ether oxygens (including phenoxy) is 4. The van der Waals surface area contributed by atoms with Crippen LogP contribution in [-0.4, -0.2) is 147 Å². The van der Waals surface area contributed by atoms with Crippen molar-refractivity contribution in [1.82, 2.24) is 20.0 Å². The second kappa shape index (κ2) is 23.4. The lowest BCUT2D eigenvalue weighted by Gasteiger charge is -2.32. The normalized spacial score (nSPS) is 31.5. The number of aliphatic hydroxyl groups is 2. The minimum atomic E-state index is -3.83. The number of rotatable bonds is 16. The zero-order chi connectivity index (χ0) is 52.7. The van der Waals surface area contributed by atoms with Crippen molar-refractivity contribution in [2.24, 2.45) is 0 Å². The van der Waals surface area contributed by atoms with Gasteiger partial charge < -0.3 is 38.2 Å². The summed E-state index contributed by atoms with van der Waals surface area (Å²) < 4.78 is 125. The number of para-hydroxylation sites is 1. The van der Waals surface area contributed by atoms with Crippen molar-refractivity contribution >= 4 is 61.0 Å². The Labute approximate surface area is 398 Å². The molecule has 1 aromatic rings. The van der Waals surface area contributed by atoms with E-state index in [0.717, 1.165) is 45.1 Å². The van der Waals surface area contributed by atoms with E-state index < -0.39 is 142 Å². The van der Waals surface area contributed by atoms with Gasteiger partial charge in [-0.1, -0.05) is 18.2 Å². The van der Waals surface area contributed by atoms with Gasteiger partial charge in [0.1, 0.15) is 24.4 Å². The lowest BCUT2D eigenvalue weighted by atomic mass is 9.96. The van der Waals surface area contributed by atoms with Gasteiger partial charge in [0.2, 0.25) is 11.8 Å². The highest BCUT2D eigenvalue weighted by Crippen LogP contribution is 2.50. The van der Waals surface area contributed by atoms with E-state index in [-0.39, 0.29) is 6.10 Å². The number of halogens is 6. The number of alkyl halides is 5. The predicted octanol–water partition coefficient (Wildman–Crippen LogP) is 4.91. The van der Waals surface area contributed by atoms with Crippen molar-refractivity contribution in [2.45, 2.75) is 140 Å². The van der Waals surface area contributed by atoms with Crippen LogP contribution < -0.4 is 14.7 Å². The summed E-state index contributed by atoms with van der Waals surface area (Å²) in [5, 5.41) is 24.5. The van der Waals surface area contributed by atoms with E-state index >= 15 is 8.78 Å². The molecule has 28 heteroatoms. The predicted molar refractivity (Wildman–Crippen MR) is 233 cm³/mol. The number of esters is 2. The highest BCUT2D eigenvalue weighted by molar-refractivity contribution is 7.84.